The number of carbonyl (C=O) groups excluding carboxylic acids is 1. The van der Waals surface area contributed by atoms with Crippen LogP contribution in [0.5, 0.6) is 11.5 Å². The summed E-state index contributed by atoms with van der Waals surface area (Å²) in [6.07, 6.45) is 1.94. The maximum atomic E-state index is 13.5. The lowest BCUT2D eigenvalue weighted by Crippen LogP contribution is -2.29. The third kappa shape index (κ3) is 3.54. The molecule has 1 aliphatic rings. The van der Waals surface area contributed by atoms with E-state index in [4.69, 9.17) is 13.9 Å². The molecule has 2 aromatic heterocycles. The van der Waals surface area contributed by atoms with E-state index >= 15 is 0 Å². The second kappa shape index (κ2) is 8.67. The Kier molecular flexibility index (Phi) is 5.55. The highest BCUT2D eigenvalue weighted by atomic mass is 32.1. The summed E-state index contributed by atoms with van der Waals surface area (Å²) >= 11 is 1.21. The standard InChI is InChI=1S/C24H21N3O5S/c1-3-4-11-31-17-10-9-14(12-18(17)30-2)20-19-21(28)15-7-5-6-8-16(15)32-22(19)23(29)27(20)24-26-25-13-33-24/h5-10,12-13,20H,3-4,11H2,1-2H3/t20-/m0/s1. The summed E-state index contributed by atoms with van der Waals surface area (Å²) in [7, 11) is 1.56. The molecule has 5 rings (SSSR count). The Labute approximate surface area is 193 Å². The Morgan fingerprint density at radius 3 is 2.76 bits per heavy atom. The predicted octanol–water partition coefficient (Wildman–Crippen LogP) is 4.58. The van der Waals surface area contributed by atoms with Gasteiger partial charge in [-0.2, -0.15) is 0 Å². The number of aromatic nitrogens is 2. The smallest absolute Gasteiger partial charge is 0.297 e. The number of hydrogen-bond acceptors (Lipinski definition) is 8. The molecule has 3 heterocycles. The number of ether oxygens (including phenoxy) is 2. The average Bonchev–Trinajstić information content (AvgIpc) is 3.46. The summed E-state index contributed by atoms with van der Waals surface area (Å²) in [6.45, 7) is 2.67. The molecule has 0 unspecified atom stereocenters. The molecule has 0 saturated carbocycles. The first kappa shape index (κ1) is 21.1. The van der Waals surface area contributed by atoms with Crippen molar-refractivity contribution in [2.45, 2.75) is 25.8 Å². The lowest BCUT2D eigenvalue weighted by atomic mass is 9.98. The summed E-state index contributed by atoms with van der Waals surface area (Å²) in [5.41, 5.74) is 2.61. The van der Waals surface area contributed by atoms with E-state index in [2.05, 4.69) is 17.1 Å². The van der Waals surface area contributed by atoms with Crippen molar-refractivity contribution < 1.29 is 18.7 Å². The average molecular weight is 464 g/mol. The number of benzene rings is 2. The number of nitrogens with zero attached hydrogens (tertiary/aromatic N) is 3. The first-order valence-electron chi connectivity index (χ1n) is 10.6. The van der Waals surface area contributed by atoms with Gasteiger partial charge in [-0.25, -0.2) is 0 Å². The summed E-state index contributed by atoms with van der Waals surface area (Å²) in [4.78, 5) is 28.4. The number of fused-ring (bicyclic) bond motifs is 2. The number of hydrogen-bond donors (Lipinski definition) is 0. The van der Waals surface area contributed by atoms with E-state index in [-0.39, 0.29) is 16.8 Å². The van der Waals surface area contributed by atoms with Crippen molar-refractivity contribution >= 4 is 33.3 Å². The fourth-order valence-corrected chi connectivity index (χ4v) is 4.59. The van der Waals surface area contributed by atoms with Gasteiger partial charge < -0.3 is 13.9 Å². The number of para-hydroxylation sites is 1. The van der Waals surface area contributed by atoms with E-state index in [1.165, 1.54) is 16.2 Å². The van der Waals surface area contributed by atoms with Crippen molar-refractivity contribution in [1.82, 2.24) is 10.2 Å². The molecule has 2 aromatic carbocycles. The lowest BCUT2D eigenvalue weighted by molar-refractivity contribution is 0.0970. The third-order valence-corrected chi connectivity index (χ3v) is 6.28. The maximum Gasteiger partial charge on any atom is 0.297 e. The molecule has 1 amide bonds. The molecule has 0 N–H and O–H groups in total. The number of amides is 1. The summed E-state index contributed by atoms with van der Waals surface area (Å²) in [5.74, 6) is 0.706. The van der Waals surface area contributed by atoms with E-state index in [1.807, 2.05) is 6.07 Å². The SMILES string of the molecule is CCCCOc1ccc([C@H]2c3c(oc4ccccc4c3=O)C(=O)N2c2nncs2)cc1OC. The van der Waals surface area contributed by atoms with Crippen LogP contribution in [-0.2, 0) is 0 Å². The van der Waals surface area contributed by atoms with Crippen LogP contribution in [0.15, 0.2) is 57.2 Å². The van der Waals surface area contributed by atoms with Crippen LogP contribution in [0.4, 0.5) is 5.13 Å². The first-order chi connectivity index (χ1) is 16.1. The molecule has 0 saturated heterocycles. The van der Waals surface area contributed by atoms with Gasteiger partial charge in [0.25, 0.3) is 5.91 Å². The van der Waals surface area contributed by atoms with Gasteiger partial charge in [0, 0.05) is 0 Å². The predicted molar refractivity (Wildman–Crippen MR) is 124 cm³/mol. The number of rotatable bonds is 7. The largest absolute Gasteiger partial charge is 0.493 e. The van der Waals surface area contributed by atoms with Crippen molar-refractivity contribution in [3.63, 3.8) is 0 Å². The lowest BCUT2D eigenvalue weighted by Gasteiger charge is -2.23. The molecule has 33 heavy (non-hydrogen) atoms. The second-order valence-electron chi connectivity index (χ2n) is 7.58. The minimum atomic E-state index is -0.736. The monoisotopic (exact) mass is 463 g/mol. The molecular formula is C24H21N3O5S. The normalized spacial score (nSPS) is 15.2. The summed E-state index contributed by atoms with van der Waals surface area (Å²) in [6, 6.07) is 11.6. The summed E-state index contributed by atoms with van der Waals surface area (Å²) < 4.78 is 17.3. The number of anilines is 1. The van der Waals surface area contributed by atoms with Gasteiger partial charge in [0.1, 0.15) is 11.1 Å². The van der Waals surface area contributed by atoms with Crippen LogP contribution in [0.3, 0.4) is 0 Å². The van der Waals surface area contributed by atoms with Crippen molar-refractivity contribution in [3.8, 4) is 11.5 Å². The van der Waals surface area contributed by atoms with Crippen molar-refractivity contribution in [3.05, 3.63) is 75.1 Å². The molecule has 168 valence electrons. The van der Waals surface area contributed by atoms with Gasteiger partial charge in [-0.05, 0) is 36.2 Å². The number of carbonyl (C=O) groups is 1. The Balaban J connectivity index is 1.69. The van der Waals surface area contributed by atoms with Crippen LogP contribution in [0.1, 0.15) is 47.5 Å². The first-order valence-corrected chi connectivity index (χ1v) is 11.5. The molecule has 0 fully saturated rings. The molecule has 1 aliphatic heterocycles. The quantitative estimate of drug-likeness (QED) is 0.370. The maximum absolute atomic E-state index is 13.5. The van der Waals surface area contributed by atoms with Gasteiger partial charge in [0.05, 0.1) is 30.7 Å². The zero-order valence-corrected chi connectivity index (χ0v) is 18.9. The Morgan fingerprint density at radius 2 is 2.00 bits per heavy atom. The fourth-order valence-electron chi connectivity index (χ4n) is 4.00. The number of methoxy groups -OCH3 is 1. The molecule has 9 heteroatoms. The van der Waals surface area contributed by atoms with Crippen molar-refractivity contribution in [2.24, 2.45) is 0 Å². The number of unbranched alkanes of at least 4 members (excludes halogenated alkanes) is 1. The second-order valence-corrected chi connectivity index (χ2v) is 8.39. The zero-order chi connectivity index (χ0) is 22.9. The minimum absolute atomic E-state index is 0.0149. The highest BCUT2D eigenvalue weighted by Crippen LogP contribution is 2.43. The van der Waals surface area contributed by atoms with E-state index < -0.39 is 11.9 Å². The van der Waals surface area contributed by atoms with Gasteiger partial charge in [-0.1, -0.05) is 42.9 Å². The van der Waals surface area contributed by atoms with E-state index in [0.29, 0.717) is 39.8 Å². The van der Waals surface area contributed by atoms with Crippen LogP contribution in [-0.4, -0.2) is 29.8 Å². The molecule has 0 radical (unpaired) electrons. The van der Waals surface area contributed by atoms with Crippen LogP contribution in [0.25, 0.3) is 11.0 Å². The Hall–Kier alpha value is -3.72. The molecule has 4 aromatic rings. The van der Waals surface area contributed by atoms with E-state index in [9.17, 15) is 9.59 Å². The van der Waals surface area contributed by atoms with Gasteiger partial charge >= 0.3 is 0 Å². The molecule has 0 spiro atoms. The summed E-state index contributed by atoms with van der Waals surface area (Å²) in [5, 5.41) is 8.76. The van der Waals surface area contributed by atoms with Crippen LogP contribution in [0.2, 0.25) is 0 Å². The topological polar surface area (TPSA) is 94.8 Å². The third-order valence-electron chi connectivity index (χ3n) is 5.59. The molecule has 0 bridgehead atoms. The highest BCUT2D eigenvalue weighted by Gasteiger charge is 2.45. The van der Waals surface area contributed by atoms with Crippen LogP contribution in [0, 0.1) is 0 Å². The zero-order valence-electron chi connectivity index (χ0n) is 18.1. The van der Waals surface area contributed by atoms with Gasteiger partial charge in [0.2, 0.25) is 10.9 Å². The fraction of sp³-hybridized carbons (Fsp3) is 0.250. The molecule has 8 nitrogen and oxygen atoms in total. The van der Waals surface area contributed by atoms with E-state index in [1.54, 1.807) is 49.0 Å². The minimum Gasteiger partial charge on any atom is -0.493 e. The molecule has 1 atom stereocenters. The molecular weight excluding hydrogens is 442 g/mol. The van der Waals surface area contributed by atoms with Gasteiger partial charge in [-0.3, -0.25) is 14.5 Å². The van der Waals surface area contributed by atoms with Crippen LogP contribution < -0.4 is 19.8 Å². The van der Waals surface area contributed by atoms with Gasteiger partial charge in [-0.15, -0.1) is 10.2 Å². The van der Waals surface area contributed by atoms with Gasteiger partial charge in [0.15, 0.2) is 16.9 Å². The highest BCUT2D eigenvalue weighted by molar-refractivity contribution is 7.13. The van der Waals surface area contributed by atoms with Crippen molar-refractivity contribution in [2.75, 3.05) is 18.6 Å². The van der Waals surface area contributed by atoms with Crippen molar-refractivity contribution in [1.29, 1.82) is 0 Å². The molecule has 0 aliphatic carbocycles. The van der Waals surface area contributed by atoms with E-state index in [0.717, 1.165) is 12.8 Å². The van der Waals surface area contributed by atoms with Crippen LogP contribution >= 0.6 is 11.3 Å². The Morgan fingerprint density at radius 1 is 1.15 bits per heavy atom. The Bertz CT molecular complexity index is 1380.